The lowest BCUT2D eigenvalue weighted by Crippen LogP contribution is -1.81. The van der Waals surface area contributed by atoms with Gasteiger partial charge in [0.25, 0.3) is 0 Å². The topological polar surface area (TPSA) is 78.1 Å². The summed E-state index contributed by atoms with van der Waals surface area (Å²) in [5.41, 5.74) is 9.73. The van der Waals surface area contributed by atoms with Crippen LogP contribution in [0.25, 0.3) is 33.9 Å². The van der Waals surface area contributed by atoms with Crippen LogP contribution in [-0.4, -0.2) is 9.97 Å². The van der Waals surface area contributed by atoms with Gasteiger partial charge < -0.3 is 14.6 Å². The summed E-state index contributed by atoms with van der Waals surface area (Å²) in [5.74, 6) is 1.30. The predicted octanol–water partition coefficient (Wildman–Crippen LogP) is 3.73. The zero-order valence-electron chi connectivity index (χ0n) is 11.0. The Kier molecular flexibility index (Phi) is 2.50. The van der Waals surface area contributed by atoms with Gasteiger partial charge in [-0.3, -0.25) is 0 Å². The van der Waals surface area contributed by atoms with Crippen LogP contribution < -0.4 is 5.73 Å². The van der Waals surface area contributed by atoms with Crippen molar-refractivity contribution in [3.8, 4) is 22.8 Å². The van der Waals surface area contributed by atoms with Crippen LogP contribution in [0.3, 0.4) is 0 Å². The lowest BCUT2D eigenvalue weighted by atomic mass is 10.1. The molecule has 0 aliphatic rings. The zero-order chi connectivity index (χ0) is 14.2. The van der Waals surface area contributed by atoms with E-state index in [2.05, 4.69) is 9.97 Å². The smallest absolute Gasteiger partial charge is 0.227 e. The van der Waals surface area contributed by atoms with Crippen LogP contribution in [0.1, 0.15) is 0 Å². The third-order valence-corrected chi connectivity index (χ3v) is 3.26. The van der Waals surface area contributed by atoms with E-state index in [0.717, 1.165) is 22.4 Å². The normalized spacial score (nSPS) is 11.0. The van der Waals surface area contributed by atoms with E-state index in [1.165, 1.54) is 6.39 Å². The number of nitrogens with two attached hydrogens (primary N) is 1. The number of hydrogen-bond donors (Lipinski definition) is 1. The van der Waals surface area contributed by atoms with Gasteiger partial charge in [-0.05, 0) is 24.3 Å². The molecule has 2 aromatic carbocycles. The van der Waals surface area contributed by atoms with Crippen LogP contribution in [-0.2, 0) is 0 Å². The standard InChI is InChI=1S/C16H11N3O2/c17-12-5-6-13-14(7-12)21-16(19-13)11-3-1-10(2-4-11)15-8-18-9-20-15/h1-9H,17H2. The van der Waals surface area contributed by atoms with E-state index in [1.807, 2.05) is 36.4 Å². The second-order valence-electron chi connectivity index (χ2n) is 4.69. The number of anilines is 1. The van der Waals surface area contributed by atoms with E-state index in [4.69, 9.17) is 14.6 Å². The number of oxazole rings is 2. The minimum absolute atomic E-state index is 0.569. The maximum atomic E-state index is 5.74. The van der Waals surface area contributed by atoms with Crippen LogP contribution >= 0.6 is 0 Å². The van der Waals surface area contributed by atoms with Crippen molar-refractivity contribution in [3.63, 3.8) is 0 Å². The second-order valence-corrected chi connectivity index (χ2v) is 4.69. The molecule has 2 N–H and O–H groups in total. The Balaban J connectivity index is 1.74. The average molecular weight is 277 g/mol. The molecule has 4 aromatic rings. The molecule has 5 nitrogen and oxygen atoms in total. The SMILES string of the molecule is Nc1ccc2nc(-c3ccc(-c4cnco4)cc3)oc2c1. The Morgan fingerprint density at radius 2 is 1.76 bits per heavy atom. The third-order valence-electron chi connectivity index (χ3n) is 3.26. The van der Waals surface area contributed by atoms with E-state index < -0.39 is 0 Å². The molecule has 0 aliphatic carbocycles. The Bertz CT molecular complexity index is 893. The van der Waals surface area contributed by atoms with Crippen LogP contribution in [0, 0.1) is 0 Å². The van der Waals surface area contributed by atoms with Crippen molar-refractivity contribution < 1.29 is 8.83 Å². The fourth-order valence-corrected chi connectivity index (χ4v) is 2.20. The summed E-state index contributed by atoms with van der Waals surface area (Å²) in [7, 11) is 0. The number of nitrogen functional groups attached to an aromatic ring is 1. The molecule has 0 atom stereocenters. The first-order valence-corrected chi connectivity index (χ1v) is 6.45. The first-order valence-electron chi connectivity index (χ1n) is 6.45. The van der Waals surface area contributed by atoms with Crippen molar-refractivity contribution in [1.29, 1.82) is 0 Å². The molecule has 0 saturated carbocycles. The Labute approximate surface area is 120 Å². The van der Waals surface area contributed by atoms with Gasteiger partial charge in [0.1, 0.15) is 5.52 Å². The van der Waals surface area contributed by atoms with Crippen molar-refractivity contribution in [2.45, 2.75) is 0 Å². The highest BCUT2D eigenvalue weighted by Gasteiger charge is 2.09. The van der Waals surface area contributed by atoms with E-state index in [1.54, 1.807) is 12.3 Å². The van der Waals surface area contributed by atoms with Crippen LogP contribution in [0.4, 0.5) is 5.69 Å². The second kappa shape index (κ2) is 4.49. The van der Waals surface area contributed by atoms with Crippen LogP contribution in [0.5, 0.6) is 0 Å². The zero-order valence-corrected chi connectivity index (χ0v) is 11.0. The molecule has 0 spiro atoms. The Morgan fingerprint density at radius 1 is 0.952 bits per heavy atom. The Hall–Kier alpha value is -3.08. The fraction of sp³-hybridized carbons (Fsp3) is 0. The molecular formula is C16H11N3O2. The van der Waals surface area contributed by atoms with Crippen LogP contribution in [0.2, 0.25) is 0 Å². The summed E-state index contributed by atoms with van der Waals surface area (Å²) in [6.07, 6.45) is 3.09. The molecule has 0 saturated heterocycles. The van der Waals surface area contributed by atoms with Gasteiger partial charge in [0.05, 0.1) is 6.20 Å². The lowest BCUT2D eigenvalue weighted by Gasteiger charge is -1.98. The largest absolute Gasteiger partial charge is 0.444 e. The molecule has 102 valence electrons. The third kappa shape index (κ3) is 2.04. The van der Waals surface area contributed by atoms with E-state index in [0.29, 0.717) is 17.2 Å². The van der Waals surface area contributed by atoms with Gasteiger partial charge in [-0.15, -0.1) is 0 Å². The molecule has 0 amide bonds. The minimum atomic E-state index is 0.569. The summed E-state index contributed by atoms with van der Waals surface area (Å²) in [4.78, 5) is 8.37. The molecule has 4 rings (SSSR count). The number of aromatic nitrogens is 2. The summed E-state index contributed by atoms with van der Waals surface area (Å²) in [5, 5.41) is 0. The first kappa shape index (κ1) is 11.7. The number of rotatable bonds is 2. The molecule has 0 fully saturated rings. The summed E-state index contributed by atoms with van der Waals surface area (Å²) >= 11 is 0. The highest BCUT2D eigenvalue weighted by molar-refractivity contribution is 5.79. The van der Waals surface area contributed by atoms with Crippen molar-refractivity contribution in [2.75, 3.05) is 5.73 Å². The summed E-state index contributed by atoms with van der Waals surface area (Å²) in [6.45, 7) is 0. The first-order chi connectivity index (χ1) is 10.3. The number of hydrogen-bond acceptors (Lipinski definition) is 5. The molecule has 0 bridgehead atoms. The van der Waals surface area contributed by atoms with Crippen molar-refractivity contribution in [3.05, 3.63) is 55.1 Å². The van der Waals surface area contributed by atoms with Gasteiger partial charge in [-0.2, -0.15) is 0 Å². The van der Waals surface area contributed by atoms with Crippen LogP contribution in [0.15, 0.2) is 63.9 Å². The number of nitrogens with zero attached hydrogens (tertiary/aromatic N) is 2. The molecular weight excluding hydrogens is 266 g/mol. The fourth-order valence-electron chi connectivity index (χ4n) is 2.20. The van der Waals surface area contributed by atoms with Gasteiger partial charge in [-0.25, -0.2) is 9.97 Å². The molecule has 0 unspecified atom stereocenters. The lowest BCUT2D eigenvalue weighted by molar-refractivity contribution is 0.572. The molecule has 2 aromatic heterocycles. The van der Waals surface area contributed by atoms with E-state index in [-0.39, 0.29) is 0 Å². The van der Waals surface area contributed by atoms with Crippen molar-refractivity contribution in [2.24, 2.45) is 0 Å². The molecule has 0 radical (unpaired) electrons. The Morgan fingerprint density at radius 3 is 2.52 bits per heavy atom. The summed E-state index contributed by atoms with van der Waals surface area (Å²) in [6, 6.07) is 13.2. The van der Waals surface area contributed by atoms with Gasteiger partial charge in [0.2, 0.25) is 5.89 Å². The minimum Gasteiger partial charge on any atom is -0.444 e. The van der Waals surface area contributed by atoms with Gasteiger partial charge >= 0.3 is 0 Å². The predicted molar refractivity (Wildman–Crippen MR) is 79.4 cm³/mol. The maximum Gasteiger partial charge on any atom is 0.227 e. The summed E-state index contributed by atoms with van der Waals surface area (Å²) < 4.78 is 11.0. The van der Waals surface area contributed by atoms with Gasteiger partial charge in [-0.1, -0.05) is 12.1 Å². The van der Waals surface area contributed by atoms with Gasteiger partial charge in [0, 0.05) is 22.9 Å². The van der Waals surface area contributed by atoms with Gasteiger partial charge in [0.15, 0.2) is 17.7 Å². The van der Waals surface area contributed by atoms with Crippen molar-refractivity contribution >= 4 is 16.8 Å². The monoisotopic (exact) mass is 277 g/mol. The average Bonchev–Trinajstić information content (AvgIpc) is 3.16. The highest BCUT2D eigenvalue weighted by Crippen LogP contribution is 2.27. The molecule has 21 heavy (non-hydrogen) atoms. The molecule has 2 heterocycles. The van der Waals surface area contributed by atoms with E-state index >= 15 is 0 Å². The molecule has 5 heteroatoms. The van der Waals surface area contributed by atoms with E-state index in [9.17, 15) is 0 Å². The number of benzene rings is 2. The number of fused-ring (bicyclic) bond motifs is 1. The highest BCUT2D eigenvalue weighted by atomic mass is 16.3. The molecule has 0 aliphatic heterocycles. The maximum absolute atomic E-state index is 5.74. The van der Waals surface area contributed by atoms with Crippen molar-refractivity contribution in [1.82, 2.24) is 9.97 Å². The quantitative estimate of drug-likeness (QED) is 0.565.